The van der Waals surface area contributed by atoms with Crippen LogP contribution in [0.15, 0.2) is 0 Å². The molecule has 0 bridgehead atoms. The highest BCUT2D eigenvalue weighted by Gasteiger charge is 2.32. The minimum absolute atomic E-state index is 0.0972. The number of methoxy groups -OCH3 is 1. The number of amides is 2. The van der Waals surface area contributed by atoms with Crippen molar-refractivity contribution in [3.63, 3.8) is 0 Å². The summed E-state index contributed by atoms with van der Waals surface area (Å²) in [7, 11) is 1.24. The number of unbranched alkanes of at least 4 members (excludes halogenated alkanes) is 1. The summed E-state index contributed by atoms with van der Waals surface area (Å²) in [5.41, 5.74) is 0. The van der Waals surface area contributed by atoms with Crippen LogP contribution in [0.3, 0.4) is 0 Å². The highest BCUT2D eigenvalue weighted by atomic mass is 16.6. The second kappa shape index (κ2) is 8.39. The minimum Gasteiger partial charge on any atom is -0.467 e. The van der Waals surface area contributed by atoms with Crippen LogP contribution in [0.1, 0.15) is 32.6 Å². The molecule has 0 saturated carbocycles. The lowest BCUT2D eigenvalue weighted by molar-refractivity contribution is -0.143. The van der Waals surface area contributed by atoms with Gasteiger partial charge in [0, 0.05) is 12.5 Å². The number of rotatable bonds is 7. The minimum atomic E-state index is -0.858. The molecule has 0 aliphatic carbocycles. The lowest BCUT2D eigenvalue weighted by Gasteiger charge is -2.18. The van der Waals surface area contributed by atoms with Gasteiger partial charge in [-0.25, -0.2) is 9.59 Å². The maximum absolute atomic E-state index is 11.6. The van der Waals surface area contributed by atoms with Crippen LogP contribution >= 0.6 is 0 Å². The summed E-state index contributed by atoms with van der Waals surface area (Å²) in [6, 6.07) is -0.858. The van der Waals surface area contributed by atoms with Crippen molar-refractivity contribution in [2.24, 2.45) is 5.92 Å². The third kappa shape index (κ3) is 5.07. The normalized spacial score (nSPS) is 19.1. The van der Waals surface area contributed by atoms with Crippen LogP contribution in [0.5, 0.6) is 0 Å². The molecule has 2 atom stereocenters. The smallest absolute Gasteiger partial charge is 0.407 e. The average molecular weight is 286 g/mol. The molecule has 1 aliphatic heterocycles. The summed E-state index contributed by atoms with van der Waals surface area (Å²) < 4.78 is 9.58. The number of alkyl carbamates (subject to hydrolysis) is 1. The maximum atomic E-state index is 11.6. The molecule has 1 fully saturated rings. The van der Waals surface area contributed by atoms with Crippen molar-refractivity contribution in [1.82, 2.24) is 10.6 Å². The molecule has 1 aliphatic rings. The number of carbonyl (C=O) groups is 3. The predicted octanol–water partition coefficient (Wildman–Crippen LogP) is 0.581. The van der Waals surface area contributed by atoms with Crippen molar-refractivity contribution in [3.8, 4) is 0 Å². The van der Waals surface area contributed by atoms with Gasteiger partial charge in [-0.3, -0.25) is 4.79 Å². The van der Waals surface area contributed by atoms with E-state index in [1.807, 2.05) is 6.92 Å². The molecule has 0 spiro atoms. The van der Waals surface area contributed by atoms with E-state index in [4.69, 9.17) is 4.74 Å². The Hall–Kier alpha value is -1.79. The van der Waals surface area contributed by atoms with Gasteiger partial charge in [-0.1, -0.05) is 13.3 Å². The second-order valence-corrected chi connectivity index (χ2v) is 4.72. The summed E-state index contributed by atoms with van der Waals surface area (Å²) in [6.07, 6.45) is 1.89. The Labute approximate surface area is 118 Å². The van der Waals surface area contributed by atoms with Crippen LogP contribution in [0.4, 0.5) is 4.79 Å². The number of carbonyl (C=O) groups excluding carboxylic acids is 3. The molecule has 1 heterocycles. The molecule has 0 aromatic carbocycles. The number of ether oxygens (including phenoxy) is 2. The van der Waals surface area contributed by atoms with Crippen molar-refractivity contribution >= 4 is 18.0 Å². The van der Waals surface area contributed by atoms with E-state index in [0.717, 1.165) is 12.8 Å². The molecule has 20 heavy (non-hydrogen) atoms. The molecule has 1 saturated heterocycles. The second-order valence-electron chi connectivity index (χ2n) is 4.72. The van der Waals surface area contributed by atoms with Crippen LogP contribution < -0.4 is 10.6 Å². The predicted molar refractivity (Wildman–Crippen MR) is 70.9 cm³/mol. The topological polar surface area (TPSA) is 93.7 Å². The molecular formula is C13H22N2O5. The Kier molecular flexibility index (Phi) is 6.83. The van der Waals surface area contributed by atoms with E-state index in [-0.39, 0.29) is 18.2 Å². The number of nitrogens with one attached hydrogen (secondary N) is 2. The fourth-order valence-corrected chi connectivity index (χ4v) is 2.00. The highest BCUT2D eigenvalue weighted by molar-refractivity contribution is 5.84. The summed E-state index contributed by atoms with van der Waals surface area (Å²) in [5, 5.41) is 5.15. The van der Waals surface area contributed by atoms with E-state index >= 15 is 0 Å². The van der Waals surface area contributed by atoms with Gasteiger partial charge in [0.1, 0.15) is 6.04 Å². The maximum Gasteiger partial charge on any atom is 0.407 e. The fourth-order valence-electron chi connectivity index (χ4n) is 2.00. The SMILES string of the molecule is CCCCOC(=O)N[C@@H](CC1CCNC1=O)C(=O)OC. The molecule has 1 rings (SSSR count). The number of hydrogen-bond donors (Lipinski definition) is 2. The van der Waals surface area contributed by atoms with Gasteiger partial charge in [0.2, 0.25) is 5.91 Å². The van der Waals surface area contributed by atoms with Gasteiger partial charge < -0.3 is 20.1 Å². The molecule has 0 radical (unpaired) electrons. The Morgan fingerprint density at radius 1 is 1.50 bits per heavy atom. The van der Waals surface area contributed by atoms with Gasteiger partial charge in [-0.2, -0.15) is 0 Å². The van der Waals surface area contributed by atoms with Crippen LogP contribution in [-0.2, 0) is 19.1 Å². The van der Waals surface area contributed by atoms with Crippen LogP contribution in [0.2, 0.25) is 0 Å². The van der Waals surface area contributed by atoms with Crippen molar-refractivity contribution in [2.45, 2.75) is 38.6 Å². The van der Waals surface area contributed by atoms with Crippen molar-refractivity contribution in [2.75, 3.05) is 20.3 Å². The summed E-state index contributed by atoms with van der Waals surface area (Å²) in [6.45, 7) is 2.88. The monoisotopic (exact) mass is 286 g/mol. The van der Waals surface area contributed by atoms with Gasteiger partial charge in [-0.05, 0) is 19.3 Å². The molecule has 114 valence electrons. The van der Waals surface area contributed by atoms with E-state index in [0.29, 0.717) is 19.6 Å². The Morgan fingerprint density at radius 2 is 2.25 bits per heavy atom. The van der Waals surface area contributed by atoms with E-state index in [9.17, 15) is 14.4 Å². The summed E-state index contributed by atoms with van der Waals surface area (Å²) >= 11 is 0. The van der Waals surface area contributed by atoms with Crippen molar-refractivity contribution in [3.05, 3.63) is 0 Å². The van der Waals surface area contributed by atoms with Gasteiger partial charge in [0.25, 0.3) is 0 Å². The molecule has 0 aromatic heterocycles. The third-order valence-electron chi connectivity index (χ3n) is 3.19. The van der Waals surface area contributed by atoms with Crippen LogP contribution in [0.25, 0.3) is 0 Å². The fraction of sp³-hybridized carbons (Fsp3) is 0.769. The van der Waals surface area contributed by atoms with E-state index in [2.05, 4.69) is 15.4 Å². The van der Waals surface area contributed by atoms with E-state index < -0.39 is 18.1 Å². The first kappa shape index (κ1) is 16.3. The number of esters is 1. The first-order chi connectivity index (χ1) is 9.58. The quantitative estimate of drug-likeness (QED) is 0.527. The first-order valence-corrected chi connectivity index (χ1v) is 6.87. The molecular weight excluding hydrogens is 264 g/mol. The molecule has 2 amide bonds. The Bertz CT molecular complexity index is 359. The zero-order valence-electron chi connectivity index (χ0n) is 11.9. The third-order valence-corrected chi connectivity index (χ3v) is 3.19. The largest absolute Gasteiger partial charge is 0.467 e. The zero-order chi connectivity index (χ0) is 15.0. The van der Waals surface area contributed by atoms with Gasteiger partial charge in [-0.15, -0.1) is 0 Å². The molecule has 0 aromatic rings. The summed E-state index contributed by atoms with van der Waals surface area (Å²) in [5.74, 6) is -0.952. The average Bonchev–Trinajstić information content (AvgIpc) is 2.83. The lowest BCUT2D eigenvalue weighted by Crippen LogP contribution is -2.43. The zero-order valence-corrected chi connectivity index (χ0v) is 11.9. The first-order valence-electron chi connectivity index (χ1n) is 6.87. The van der Waals surface area contributed by atoms with Gasteiger partial charge in [0.05, 0.1) is 13.7 Å². The van der Waals surface area contributed by atoms with Crippen LogP contribution in [0, 0.1) is 5.92 Å². The standard InChI is InChI=1S/C13H22N2O5/c1-3-4-7-20-13(18)15-10(12(17)19-2)8-9-5-6-14-11(9)16/h9-10H,3-8H2,1-2H3,(H,14,16)(H,15,18)/t9?,10-/m0/s1. The molecule has 7 heteroatoms. The molecule has 7 nitrogen and oxygen atoms in total. The highest BCUT2D eigenvalue weighted by Crippen LogP contribution is 2.16. The van der Waals surface area contributed by atoms with Crippen molar-refractivity contribution in [1.29, 1.82) is 0 Å². The van der Waals surface area contributed by atoms with E-state index in [1.165, 1.54) is 7.11 Å². The van der Waals surface area contributed by atoms with E-state index in [1.54, 1.807) is 0 Å². The Morgan fingerprint density at radius 3 is 2.80 bits per heavy atom. The van der Waals surface area contributed by atoms with Gasteiger partial charge >= 0.3 is 12.1 Å². The van der Waals surface area contributed by atoms with Crippen molar-refractivity contribution < 1.29 is 23.9 Å². The molecule has 1 unspecified atom stereocenters. The number of hydrogen-bond acceptors (Lipinski definition) is 5. The lowest BCUT2D eigenvalue weighted by atomic mass is 9.98. The van der Waals surface area contributed by atoms with Gasteiger partial charge in [0.15, 0.2) is 0 Å². The molecule has 2 N–H and O–H groups in total. The van der Waals surface area contributed by atoms with Crippen LogP contribution in [-0.4, -0.2) is 44.3 Å². The summed E-state index contributed by atoms with van der Waals surface area (Å²) in [4.78, 5) is 34.7. The Balaban J connectivity index is 2.49.